The van der Waals surface area contributed by atoms with Crippen LogP contribution in [0.5, 0.6) is 11.5 Å². The van der Waals surface area contributed by atoms with Gasteiger partial charge in [-0.05, 0) is 69.7 Å². The van der Waals surface area contributed by atoms with E-state index < -0.39 is 0 Å². The summed E-state index contributed by atoms with van der Waals surface area (Å²) in [6.45, 7) is 13.6. The Morgan fingerprint density at radius 2 is 0.811 bits per heavy atom. The van der Waals surface area contributed by atoms with Crippen LogP contribution in [0.2, 0.25) is 0 Å². The molecule has 192 valence electrons. The van der Waals surface area contributed by atoms with Crippen LogP contribution in [0, 0.1) is 65.4 Å². The second kappa shape index (κ2) is 18.4. The van der Waals surface area contributed by atoms with Gasteiger partial charge in [-0.25, -0.2) is 0 Å². The number of ether oxygens (including phenoxy) is 1. The fourth-order valence-corrected chi connectivity index (χ4v) is 3.29. The molecular formula is C35H38ArO. The molecule has 0 aromatic heterocycles. The Labute approximate surface area is 253 Å². The molecule has 0 fully saturated rings. The van der Waals surface area contributed by atoms with Gasteiger partial charge in [0.1, 0.15) is 11.5 Å². The van der Waals surface area contributed by atoms with Gasteiger partial charge in [-0.3, -0.25) is 0 Å². The molecule has 0 radical (unpaired) electrons. The van der Waals surface area contributed by atoms with E-state index in [1.165, 1.54) is 33.0 Å². The maximum Gasteiger partial charge on any atom is 0.127 e. The molecule has 0 spiro atoms. The van der Waals surface area contributed by atoms with E-state index in [1.54, 1.807) is 6.08 Å². The van der Waals surface area contributed by atoms with E-state index >= 15 is 0 Å². The van der Waals surface area contributed by atoms with Crippen LogP contribution in [-0.2, 0) is 0 Å². The van der Waals surface area contributed by atoms with Crippen molar-refractivity contribution < 1.29 is 42.5 Å². The predicted octanol–water partition coefficient (Wildman–Crippen LogP) is 10.4. The molecule has 2 heteroatoms. The summed E-state index contributed by atoms with van der Waals surface area (Å²) in [5.74, 6) is 1.76. The maximum absolute atomic E-state index is 5.69. The van der Waals surface area contributed by atoms with Gasteiger partial charge in [0, 0.05) is 37.7 Å². The third-order valence-corrected chi connectivity index (χ3v) is 5.11. The van der Waals surface area contributed by atoms with E-state index in [4.69, 9.17) is 4.74 Å². The average Bonchev–Trinajstić information content (AvgIpc) is 2.88. The second-order valence-corrected chi connectivity index (χ2v) is 8.64. The van der Waals surface area contributed by atoms with Crippen molar-refractivity contribution in [2.75, 3.05) is 0 Å². The summed E-state index contributed by atoms with van der Waals surface area (Å²) in [6, 6.07) is 41.3. The first kappa shape index (κ1) is 32.2. The monoisotopic (exact) mass is 514 g/mol. The van der Waals surface area contributed by atoms with Crippen LogP contribution in [-0.4, -0.2) is 0 Å². The van der Waals surface area contributed by atoms with Crippen LogP contribution >= 0.6 is 0 Å². The van der Waals surface area contributed by atoms with Crippen molar-refractivity contribution in [2.45, 2.75) is 34.6 Å². The first-order chi connectivity index (χ1) is 17.4. The molecule has 0 N–H and O–H groups in total. The molecule has 0 aliphatic carbocycles. The number of hydrogen-bond donors (Lipinski definition) is 0. The molecule has 0 aliphatic rings. The zero-order valence-corrected chi connectivity index (χ0v) is 23.3. The minimum absolute atomic E-state index is 0. The molecule has 5 rings (SSSR count). The van der Waals surface area contributed by atoms with Crippen molar-refractivity contribution in [2.24, 2.45) is 0 Å². The first-order valence-corrected chi connectivity index (χ1v) is 12.3. The fraction of sp³-hybridized carbons (Fsp3) is 0.143. The molecule has 1 nitrogen and oxygen atoms in total. The number of fused-ring (bicyclic) bond motifs is 1. The molecule has 0 heterocycles. The molecule has 0 saturated heterocycles. The van der Waals surface area contributed by atoms with Crippen LogP contribution in [0.4, 0.5) is 0 Å². The molecule has 5 aromatic rings. The van der Waals surface area contributed by atoms with Gasteiger partial charge in [-0.15, -0.1) is 6.58 Å². The van der Waals surface area contributed by atoms with E-state index in [-0.39, 0.29) is 37.7 Å². The summed E-state index contributed by atoms with van der Waals surface area (Å²) >= 11 is 0. The minimum atomic E-state index is 0. The molecule has 5 aromatic carbocycles. The zero-order chi connectivity index (χ0) is 26.2. The number of allylic oxidation sites excluding steroid dienone is 1. The molecule has 0 aliphatic heterocycles. The number of aryl methyl sites for hydroxylation is 4. The Morgan fingerprint density at radius 1 is 0.486 bits per heavy atom. The van der Waals surface area contributed by atoms with E-state index in [2.05, 4.69) is 107 Å². The largest absolute Gasteiger partial charge is 0.457 e. The van der Waals surface area contributed by atoms with Gasteiger partial charge < -0.3 is 4.74 Å². The van der Waals surface area contributed by atoms with Crippen LogP contribution in [0.15, 0.2) is 134 Å². The Bertz CT molecular complexity index is 1180. The van der Waals surface area contributed by atoms with Gasteiger partial charge in [0.25, 0.3) is 0 Å². The number of benzene rings is 5. The quantitative estimate of drug-likeness (QED) is 0.213. The van der Waals surface area contributed by atoms with Gasteiger partial charge in [-0.1, -0.05) is 125 Å². The van der Waals surface area contributed by atoms with Gasteiger partial charge >= 0.3 is 0 Å². The van der Waals surface area contributed by atoms with Crippen molar-refractivity contribution in [3.05, 3.63) is 156 Å². The number of rotatable bonds is 2. The van der Waals surface area contributed by atoms with Gasteiger partial charge in [0.2, 0.25) is 0 Å². The topological polar surface area (TPSA) is 9.23 Å². The smallest absolute Gasteiger partial charge is 0.127 e. The fourth-order valence-electron chi connectivity index (χ4n) is 3.29. The SMILES string of the molecule is C=CC.Cc1ccc(Oc2ccc(C)cc2)cc1.Cc1cccc(C)c1.[Ar].c1ccc2ccccc2c1. The molecule has 0 saturated carbocycles. The standard InChI is InChI=1S/C14H14O.C10H8.C8H10.C3H6.Ar/c1-11-3-7-13(8-4-11)15-14-9-5-12(2)6-10-14;1-2-6-10-8-4-3-7-9(10)5-1;1-7-4-3-5-8(2)6-7;1-3-2;/h3-10H,1-2H3;1-8H;3-6H,1-2H3;3H,1H2,2H3;. The number of hydrogen-bond acceptors (Lipinski definition) is 1. The molecule has 37 heavy (non-hydrogen) atoms. The zero-order valence-electron chi connectivity index (χ0n) is 22.6. The molecule has 0 bridgehead atoms. The second-order valence-electron chi connectivity index (χ2n) is 8.64. The maximum atomic E-state index is 5.69. The van der Waals surface area contributed by atoms with E-state index in [0.717, 1.165) is 11.5 Å². The van der Waals surface area contributed by atoms with Gasteiger partial charge in [0.15, 0.2) is 0 Å². The van der Waals surface area contributed by atoms with Gasteiger partial charge in [-0.2, -0.15) is 0 Å². The van der Waals surface area contributed by atoms with E-state index in [0.29, 0.717) is 0 Å². The first-order valence-electron chi connectivity index (χ1n) is 12.3. The Kier molecular flexibility index (Phi) is 16.0. The normalized spacial score (nSPS) is 9.11. The molecular weight excluding hydrogens is 476 g/mol. The van der Waals surface area contributed by atoms with Crippen LogP contribution in [0.25, 0.3) is 10.8 Å². The van der Waals surface area contributed by atoms with Crippen molar-refractivity contribution in [3.8, 4) is 11.5 Å². The third kappa shape index (κ3) is 13.3. The Hall–Kier alpha value is -2.84. The molecule has 0 unspecified atom stereocenters. The van der Waals surface area contributed by atoms with Crippen molar-refractivity contribution in [3.63, 3.8) is 0 Å². The summed E-state index contributed by atoms with van der Waals surface area (Å²) in [7, 11) is 0. The van der Waals surface area contributed by atoms with E-state index in [1.807, 2.05) is 55.5 Å². The summed E-state index contributed by atoms with van der Waals surface area (Å²) in [6.07, 6.45) is 1.75. The van der Waals surface area contributed by atoms with Crippen LogP contribution < -0.4 is 4.74 Å². The summed E-state index contributed by atoms with van der Waals surface area (Å²) in [4.78, 5) is 0. The van der Waals surface area contributed by atoms with Crippen molar-refractivity contribution in [1.29, 1.82) is 0 Å². The molecule has 0 atom stereocenters. The van der Waals surface area contributed by atoms with Crippen LogP contribution in [0.1, 0.15) is 29.2 Å². The summed E-state index contributed by atoms with van der Waals surface area (Å²) < 4.78 is 5.69. The summed E-state index contributed by atoms with van der Waals surface area (Å²) in [5, 5.41) is 2.62. The van der Waals surface area contributed by atoms with E-state index in [9.17, 15) is 0 Å². The van der Waals surface area contributed by atoms with Crippen molar-refractivity contribution >= 4 is 10.8 Å². The van der Waals surface area contributed by atoms with Crippen molar-refractivity contribution in [1.82, 2.24) is 0 Å². The average molecular weight is 515 g/mol. The third-order valence-electron chi connectivity index (χ3n) is 5.11. The molecule has 0 amide bonds. The predicted molar refractivity (Wildman–Crippen MR) is 158 cm³/mol. The minimum Gasteiger partial charge on any atom is -0.457 e. The summed E-state index contributed by atoms with van der Waals surface area (Å²) in [5.41, 5.74) is 5.16. The Balaban J connectivity index is 0.000000272. The van der Waals surface area contributed by atoms with Gasteiger partial charge in [0.05, 0.1) is 0 Å². The Morgan fingerprint density at radius 3 is 1.08 bits per heavy atom. The van der Waals surface area contributed by atoms with Crippen LogP contribution in [0.3, 0.4) is 0 Å².